The molecule has 0 bridgehead atoms. The zero-order valence-electron chi connectivity index (χ0n) is 13.8. The minimum Gasteiger partial charge on any atom is -0.381 e. The van der Waals surface area contributed by atoms with E-state index in [1.807, 2.05) is 30.3 Å². The summed E-state index contributed by atoms with van der Waals surface area (Å²) in [5.74, 6) is -0.245. The Bertz CT molecular complexity index is 878. The SMILES string of the molecule is Cc1ccc(CNc2ccnc(C(=O)Nc3ccccc3Br)c2)cc1. The molecule has 1 amide bonds. The number of benzene rings is 2. The van der Waals surface area contributed by atoms with E-state index >= 15 is 0 Å². The van der Waals surface area contributed by atoms with Crippen molar-refractivity contribution in [3.8, 4) is 0 Å². The molecule has 4 nitrogen and oxygen atoms in total. The number of aromatic nitrogens is 1. The molecule has 126 valence electrons. The second kappa shape index (κ2) is 7.94. The second-order valence-corrected chi connectivity index (χ2v) is 6.56. The maximum atomic E-state index is 12.4. The van der Waals surface area contributed by atoms with Crippen molar-refractivity contribution in [1.82, 2.24) is 4.98 Å². The molecule has 5 heteroatoms. The molecule has 0 aliphatic rings. The average molecular weight is 396 g/mol. The molecule has 3 rings (SSSR count). The Balaban J connectivity index is 1.67. The summed E-state index contributed by atoms with van der Waals surface area (Å²) in [7, 11) is 0. The summed E-state index contributed by atoms with van der Waals surface area (Å²) in [6.07, 6.45) is 1.63. The number of halogens is 1. The minimum absolute atomic E-state index is 0.245. The van der Waals surface area contributed by atoms with Gasteiger partial charge < -0.3 is 10.6 Å². The van der Waals surface area contributed by atoms with Crippen molar-refractivity contribution in [1.29, 1.82) is 0 Å². The van der Waals surface area contributed by atoms with E-state index in [2.05, 4.69) is 62.7 Å². The zero-order chi connectivity index (χ0) is 17.6. The van der Waals surface area contributed by atoms with Gasteiger partial charge in [0.1, 0.15) is 5.69 Å². The van der Waals surface area contributed by atoms with Gasteiger partial charge in [-0.05, 0) is 52.7 Å². The lowest BCUT2D eigenvalue weighted by molar-refractivity contribution is 0.102. The molecule has 2 N–H and O–H groups in total. The van der Waals surface area contributed by atoms with E-state index in [0.29, 0.717) is 17.9 Å². The number of hydrogen-bond acceptors (Lipinski definition) is 3. The topological polar surface area (TPSA) is 54.0 Å². The van der Waals surface area contributed by atoms with Crippen LogP contribution in [0, 0.1) is 6.92 Å². The molecule has 0 fully saturated rings. The van der Waals surface area contributed by atoms with Crippen molar-refractivity contribution in [2.45, 2.75) is 13.5 Å². The van der Waals surface area contributed by atoms with Crippen molar-refractivity contribution in [2.24, 2.45) is 0 Å². The molecule has 25 heavy (non-hydrogen) atoms. The first-order chi connectivity index (χ1) is 12.1. The third-order valence-corrected chi connectivity index (χ3v) is 4.42. The quantitative estimate of drug-likeness (QED) is 0.637. The fraction of sp³-hybridized carbons (Fsp3) is 0.100. The first kappa shape index (κ1) is 17.2. The van der Waals surface area contributed by atoms with Gasteiger partial charge in [-0.2, -0.15) is 0 Å². The molecule has 1 heterocycles. The highest BCUT2D eigenvalue weighted by Gasteiger charge is 2.10. The highest BCUT2D eigenvalue weighted by atomic mass is 79.9. The lowest BCUT2D eigenvalue weighted by Crippen LogP contribution is -2.14. The van der Waals surface area contributed by atoms with Gasteiger partial charge in [0.05, 0.1) is 5.69 Å². The van der Waals surface area contributed by atoms with Crippen LogP contribution in [0.3, 0.4) is 0 Å². The second-order valence-electron chi connectivity index (χ2n) is 5.70. The number of rotatable bonds is 5. The van der Waals surface area contributed by atoms with Crippen LogP contribution in [0.4, 0.5) is 11.4 Å². The maximum absolute atomic E-state index is 12.4. The van der Waals surface area contributed by atoms with Crippen LogP contribution in [0.25, 0.3) is 0 Å². The molecule has 2 aromatic carbocycles. The number of pyridine rings is 1. The van der Waals surface area contributed by atoms with Crippen molar-refractivity contribution in [2.75, 3.05) is 10.6 Å². The van der Waals surface area contributed by atoms with E-state index in [0.717, 1.165) is 10.2 Å². The standard InChI is InChI=1S/C20H18BrN3O/c1-14-6-8-15(9-7-14)13-23-16-10-11-22-19(12-16)20(25)24-18-5-3-2-4-17(18)21/h2-12H,13H2,1H3,(H,22,23)(H,24,25). The molecule has 0 radical (unpaired) electrons. The minimum atomic E-state index is -0.245. The maximum Gasteiger partial charge on any atom is 0.274 e. The molecule has 3 aromatic rings. The van der Waals surface area contributed by atoms with E-state index in [-0.39, 0.29) is 5.91 Å². The van der Waals surface area contributed by atoms with E-state index in [1.54, 1.807) is 12.3 Å². The van der Waals surface area contributed by atoms with Gasteiger partial charge >= 0.3 is 0 Å². The molecule has 1 aromatic heterocycles. The summed E-state index contributed by atoms with van der Waals surface area (Å²) >= 11 is 3.42. The van der Waals surface area contributed by atoms with Crippen LogP contribution in [0.1, 0.15) is 21.6 Å². The largest absolute Gasteiger partial charge is 0.381 e. The monoisotopic (exact) mass is 395 g/mol. The predicted molar refractivity (Wildman–Crippen MR) is 105 cm³/mol. The van der Waals surface area contributed by atoms with Crippen LogP contribution in [0.5, 0.6) is 0 Å². The predicted octanol–water partition coefficient (Wildman–Crippen LogP) is 5.02. The first-order valence-corrected chi connectivity index (χ1v) is 8.72. The van der Waals surface area contributed by atoms with Crippen LogP contribution in [0.15, 0.2) is 71.3 Å². The number of nitrogens with zero attached hydrogens (tertiary/aromatic N) is 1. The zero-order valence-corrected chi connectivity index (χ0v) is 15.4. The molecule has 0 spiro atoms. The van der Waals surface area contributed by atoms with E-state index in [1.165, 1.54) is 11.1 Å². The van der Waals surface area contributed by atoms with Crippen LogP contribution >= 0.6 is 15.9 Å². The Labute approximate surface area is 155 Å². The molecule has 0 aliphatic carbocycles. The Morgan fingerprint density at radius 2 is 1.84 bits per heavy atom. The summed E-state index contributed by atoms with van der Waals surface area (Å²) in [6, 6.07) is 19.4. The molecular formula is C20H18BrN3O. The first-order valence-electron chi connectivity index (χ1n) is 7.93. The van der Waals surface area contributed by atoms with Gasteiger partial charge in [-0.3, -0.25) is 9.78 Å². The summed E-state index contributed by atoms with van der Waals surface area (Å²) in [6.45, 7) is 2.76. The van der Waals surface area contributed by atoms with Gasteiger partial charge in [-0.25, -0.2) is 0 Å². The summed E-state index contributed by atoms with van der Waals surface area (Å²) in [5, 5.41) is 6.18. The van der Waals surface area contributed by atoms with Gasteiger partial charge in [0, 0.05) is 22.9 Å². The average Bonchev–Trinajstić information content (AvgIpc) is 2.63. The third kappa shape index (κ3) is 4.67. The Hall–Kier alpha value is -2.66. The van der Waals surface area contributed by atoms with Gasteiger partial charge in [0.2, 0.25) is 0 Å². The Morgan fingerprint density at radius 3 is 2.60 bits per heavy atom. The molecule has 0 aliphatic heterocycles. The van der Waals surface area contributed by atoms with E-state index < -0.39 is 0 Å². The molecule has 0 atom stereocenters. The van der Waals surface area contributed by atoms with Crippen LogP contribution < -0.4 is 10.6 Å². The van der Waals surface area contributed by atoms with Gasteiger partial charge in [-0.15, -0.1) is 0 Å². The number of nitrogens with one attached hydrogen (secondary N) is 2. The van der Waals surface area contributed by atoms with Crippen molar-refractivity contribution < 1.29 is 4.79 Å². The van der Waals surface area contributed by atoms with Gasteiger partial charge in [-0.1, -0.05) is 42.0 Å². The number of aryl methyl sites for hydroxylation is 1. The number of carbonyl (C=O) groups is 1. The van der Waals surface area contributed by atoms with Crippen LogP contribution in [-0.2, 0) is 6.54 Å². The highest BCUT2D eigenvalue weighted by Crippen LogP contribution is 2.22. The smallest absolute Gasteiger partial charge is 0.274 e. The van der Waals surface area contributed by atoms with E-state index in [4.69, 9.17) is 0 Å². The van der Waals surface area contributed by atoms with Crippen molar-refractivity contribution in [3.05, 3.63) is 88.2 Å². The number of carbonyl (C=O) groups excluding carboxylic acids is 1. The Kier molecular flexibility index (Phi) is 5.46. The highest BCUT2D eigenvalue weighted by molar-refractivity contribution is 9.10. The van der Waals surface area contributed by atoms with Crippen LogP contribution in [-0.4, -0.2) is 10.9 Å². The lowest BCUT2D eigenvalue weighted by Gasteiger charge is -2.09. The summed E-state index contributed by atoms with van der Waals surface area (Å²) in [4.78, 5) is 16.6. The number of para-hydroxylation sites is 1. The Morgan fingerprint density at radius 1 is 1.08 bits per heavy atom. The fourth-order valence-corrected chi connectivity index (χ4v) is 2.71. The number of anilines is 2. The molecule has 0 unspecified atom stereocenters. The van der Waals surface area contributed by atoms with Crippen molar-refractivity contribution in [3.63, 3.8) is 0 Å². The lowest BCUT2D eigenvalue weighted by atomic mass is 10.1. The molecule has 0 saturated carbocycles. The molecule has 0 saturated heterocycles. The van der Waals surface area contributed by atoms with Gasteiger partial charge in [0.15, 0.2) is 0 Å². The number of hydrogen-bond donors (Lipinski definition) is 2. The van der Waals surface area contributed by atoms with Gasteiger partial charge in [0.25, 0.3) is 5.91 Å². The summed E-state index contributed by atoms with van der Waals surface area (Å²) in [5.41, 5.74) is 4.35. The van der Waals surface area contributed by atoms with Crippen molar-refractivity contribution >= 4 is 33.2 Å². The number of amides is 1. The van der Waals surface area contributed by atoms with Crippen LogP contribution in [0.2, 0.25) is 0 Å². The molecular weight excluding hydrogens is 378 g/mol. The summed E-state index contributed by atoms with van der Waals surface area (Å²) < 4.78 is 0.831. The van der Waals surface area contributed by atoms with E-state index in [9.17, 15) is 4.79 Å². The third-order valence-electron chi connectivity index (χ3n) is 3.73. The normalized spacial score (nSPS) is 10.3. The fourth-order valence-electron chi connectivity index (χ4n) is 2.32.